The van der Waals surface area contributed by atoms with Gasteiger partial charge in [-0.3, -0.25) is 9.89 Å². The van der Waals surface area contributed by atoms with Crippen LogP contribution in [0, 0.1) is 5.92 Å². The van der Waals surface area contributed by atoms with Crippen molar-refractivity contribution >= 4 is 5.91 Å². The van der Waals surface area contributed by atoms with Crippen LogP contribution in [0.1, 0.15) is 48.4 Å². The lowest BCUT2D eigenvalue weighted by atomic mass is 9.88. The fraction of sp³-hybridized carbons (Fsp3) is 0.667. The molecule has 0 radical (unpaired) electrons. The van der Waals surface area contributed by atoms with Crippen molar-refractivity contribution in [1.29, 1.82) is 0 Å². The molecule has 4 heteroatoms. The van der Waals surface area contributed by atoms with Crippen molar-refractivity contribution in [3.63, 3.8) is 0 Å². The Kier molecular flexibility index (Phi) is 3.27. The van der Waals surface area contributed by atoms with Gasteiger partial charge >= 0.3 is 0 Å². The van der Waals surface area contributed by atoms with E-state index < -0.39 is 0 Å². The normalized spacial score (nSPS) is 19.2. The molecular weight excluding hydrogens is 202 g/mol. The summed E-state index contributed by atoms with van der Waals surface area (Å²) in [5.74, 6) is 0.622. The van der Waals surface area contributed by atoms with Gasteiger partial charge in [-0.2, -0.15) is 5.10 Å². The van der Waals surface area contributed by atoms with E-state index in [0.29, 0.717) is 11.6 Å². The molecule has 0 spiro atoms. The first-order valence-electron chi connectivity index (χ1n) is 6.06. The second-order valence-electron chi connectivity index (χ2n) is 4.63. The molecule has 1 aromatic heterocycles. The standard InChI is InChI=1S/C12H19N3O/c1-3-6-13-12(16)11-9-7-8(2)4-5-10(9)14-15-11/h8H,3-7H2,1-2H3,(H,13,16)(H,14,15). The number of nitrogens with one attached hydrogen (secondary N) is 2. The maximum atomic E-state index is 11.8. The summed E-state index contributed by atoms with van der Waals surface area (Å²) >= 11 is 0. The Hall–Kier alpha value is -1.32. The lowest BCUT2D eigenvalue weighted by Crippen LogP contribution is -2.26. The van der Waals surface area contributed by atoms with E-state index in [1.807, 2.05) is 6.92 Å². The zero-order valence-electron chi connectivity index (χ0n) is 9.97. The summed E-state index contributed by atoms with van der Waals surface area (Å²) in [6.45, 7) is 4.99. The molecule has 0 bridgehead atoms. The summed E-state index contributed by atoms with van der Waals surface area (Å²) in [6, 6.07) is 0. The van der Waals surface area contributed by atoms with Gasteiger partial charge in [0, 0.05) is 17.8 Å². The van der Waals surface area contributed by atoms with Crippen molar-refractivity contribution in [2.24, 2.45) is 5.92 Å². The summed E-state index contributed by atoms with van der Waals surface area (Å²) in [6.07, 6.45) is 4.13. The zero-order valence-corrected chi connectivity index (χ0v) is 9.97. The summed E-state index contributed by atoms with van der Waals surface area (Å²) in [4.78, 5) is 11.8. The lowest BCUT2D eigenvalue weighted by molar-refractivity contribution is 0.0947. The van der Waals surface area contributed by atoms with E-state index in [0.717, 1.165) is 37.1 Å². The molecular formula is C12H19N3O. The SMILES string of the molecule is CCCNC(=O)c1n[nH]c2c1CC(C)CC2. The van der Waals surface area contributed by atoms with Crippen molar-refractivity contribution in [1.82, 2.24) is 15.5 Å². The molecule has 0 saturated carbocycles. The van der Waals surface area contributed by atoms with E-state index in [2.05, 4.69) is 22.4 Å². The van der Waals surface area contributed by atoms with Gasteiger partial charge in [-0.15, -0.1) is 0 Å². The summed E-state index contributed by atoms with van der Waals surface area (Å²) < 4.78 is 0. The Balaban J connectivity index is 2.16. The lowest BCUT2D eigenvalue weighted by Gasteiger charge is -2.17. The van der Waals surface area contributed by atoms with Crippen molar-refractivity contribution in [2.75, 3.05) is 6.54 Å². The molecule has 0 aliphatic heterocycles. The van der Waals surface area contributed by atoms with Crippen molar-refractivity contribution in [3.8, 4) is 0 Å². The number of amides is 1. The number of H-pyrrole nitrogens is 1. The molecule has 1 unspecified atom stereocenters. The van der Waals surface area contributed by atoms with E-state index in [1.54, 1.807) is 0 Å². The van der Waals surface area contributed by atoms with Crippen LogP contribution in [0.2, 0.25) is 0 Å². The molecule has 1 heterocycles. The Bertz CT molecular complexity index is 384. The zero-order chi connectivity index (χ0) is 11.5. The van der Waals surface area contributed by atoms with Gasteiger partial charge in [0.05, 0.1) is 0 Å². The highest BCUT2D eigenvalue weighted by Crippen LogP contribution is 2.25. The highest BCUT2D eigenvalue weighted by molar-refractivity contribution is 5.94. The fourth-order valence-electron chi connectivity index (χ4n) is 2.18. The second-order valence-corrected chi connectivity index (χ2v) is 4.63. The molecule has 0 aromatic carbocycles. The fourth-order valence-corrected chi connectivity index (χ4v) is 2.18. The topological polar surface area (TPSA) is 57.8 Å². The Morgan fingerprint density at radius 2 is 2.44 bits per heavy atom. The third-order valence-electron chi connectivity index (χ3n) is 3.14. The number of fused-ring (bicyclic) bond motifs is 1. The van der Waals surface area contributed by atoms with Gasteiger partial charge in [0.25, 0.3) is 5.91 Å². The highest BCUT2D eigenvalue weighted by Gasteiger charge is 2.24. The van der Waals surface area contributed by atoms with Crippen LogP contribution in [0.25, 0.3) is 0 Å². The number of nitrogens with zero attached hydrogens (tertiary/aromatic N) is 1. The number of aryl methyl sites for hydroxylation is 1. The smallest absolute Gasteiger partial charge is 0.272 e. The van der Waals surface area contributed by atoms with Gasteiger partial charge < -0.3 is 5.32 Å². The van der Waals surface area contributed by atoms with Gasteiger partial charge in [0.1, 0.15) is 0 Å². The van der Waals surface area contributed by atoms with E-state index >= 15 is 0 Å². The third kappa shape index (κ3) is 2.10. The van der Waals surface area contributed by atoms with Gasteiger partial charge in [0.15, 0.2) is 5.69 Å². The molecule has 0 saturated heterocycles. The molecule has 1 aliphatic carbocycles. The first-order chi connectivity index (χ1) is 7.72. The molecule has 2 N–H and O–H groups in total. The first-order valence-corrected chi connectivity index (χ1v) is 6.06. The predicted octanol–water partition coefficient (Wildman–Crippen LogP) is 1.67. The first kappa shape index (κ1) is 11.2. The van der Waals surface area contributed by atoms with Crippen LogP contribution in [0.3, 0.4) is 0 Å². The van der Waals surface area contributed by atoms with Crippen molar-refractivity contribution < 1.29 is 4.79 Å². The molecule has 2 rings (SSSR count). The van der Waals surface area contributed by atoms with Crippen LogP contribution >= 0.6 is 0 Å². The van der Waals surface area contributed by atoms with E-state index in [-0.39, 0.29) is 5.91 Å². The number of hydrogen-bond acceptors (Lipinski definition) is 2. The van der Waals surface area contributed by atoms with Crippen LogP contribution in [-0.2, 0) is 12.8 Å². The van der Waals surface area contributed by atoms with Gasteiger partial charge in [0.2, 0.25) is 0 Å². The molecule has 1 aromatic rings. The number of hydrogen-bond donors (Lipinski definition) is 2. The Morgan fingerprint density at radius 3 is 3.19 bits per heavy atom. The number of aromatic nitrogens is 2. The largest absolute Gasteiger partial charge is 0.351 e. The number of aromatic amines is 1. The molecule has 88 valence electrons. The van der Waals surface area contributed by atoms with Crippen molar-refractivity contribution in [2.45, 2.75) is 39.5 Å². The van der Waals surface area contributed by atoms with Gasteiger partial charge in [-0.05, 0) is 31.6 Å². The summed E-state index contributed by atoms with van der Waals surface area (Å²) in [5.41, 5.74) is 2.89. The molecule has 1 aliphatic rings. The summed E-state index contributed by atoms with van der Waals surface area (Å²) in [5, 5.41) is 10.0. The quantitative estimate of drug-likeness (QED) is 0.815. The maximum absolute atomic E-state index is 11.8. The van der Waals surface area contributed by atoms with Crippen LogP contribution < -0.4 is 5.32 Å². The third-order valence-corrected chi connectivity index (χ3v) is 3.14. The number of rotatable bonds is 3. The summed E-state index contributed by atoms with van der Waals surface area (Å²) in [7, 11) is 0. The Labute approximate surface area is 95.8 Å². The predicted molar refractivity (Wildman–Crippen MR) is 62.4 cm³/mol. The average Bonchev–Trinajstić information content (AvgIpc) is 2.68. The van der Waals surface area contributed by atoms with Crippen molar-refractivity contribution in [3.05, 3.63) is 17.0 Å². The Morgan fingerprint density at radius 1 is 1.62 bits per heavy atom. The van der Waals surface area contributed by atoms with Crippen LogP contribution in [-0.4, -0.2) is 22.6 Å². The number of carbonyl (C=O) groups excluding carboxylic acids is 1. The monoisotopic (exact) mass is 221 g/mol. The molecule has 0 fully saturated rings. The minimum Gasteiger partial charge on any atom is -0.351 e. The van der Waals surface area contributed by atoms with Crippen LogP contribution in [0.5, 0.6) is 0 Å². The van der Waals surface area contributed by atoms with E-state index in [1.165, 1.54) is 6.42 Å². The molecule has 1 amide bonds. The van der Waals surface area contributed by atoms with Gasteiger partial charge in [-0.25, -0.2) is 0 Å². The molecule has 1 atom stereocenters. The maximum Gasteiger partial charge on any atom is 0.272 e. The number of carbonyl (C=O) groups is 1. The minimum atomic E-state index is -0.0338. The van der Waals surface area contributed by atoms with Gasteiger partial charge in [-0.1, -0.05) is 13.8 Å². The highest BCUT2D eigenvalue weighted by atomic mass is 16.1. The average molecular weight is 221 g/mol. The van der Waals surface area contributed by atoms with E-state index in [9.17, 15) is 4.79 Å². The minimum absolute atomic E-state index is 0.0338. The van der Waals surface area contributed by atoms with E-state index in [4.69, 9.17) is 0 Å². The second kappa shape index (κ2) is 4.68. The molecule has 16 heavy (non-hydrogen) atoms. The molecule has 4 nitrogen and oxygen atoms in total. The van der Waals surface area contributed by atoms with Crippen LogP contribution in [0.4, 0.5) is 0 Å². The van der Waals surface area contributed by atoms with Crippen LogP contribution in [0.15, 0.2) is 0 Å².